The molecule has 0 radical (unpaired) electrons. The third kappa shape index (κ3) is 2.99. The van der Waals surface area contributed by atoms with E-state index in [1.807, 2.05) is 30.5 Å². The normalized spacial score (nSPS) is 10.8. The molecule has 0 saturated heterocycles. The van der Waals surface area contributed by atoms with Gasteiger partial charge < -0.3 is 9.88 Å². The van der Waals surface area contributed by atoms with Crippen molar-refractivity contribution in [2.24, 2.45) is 0 Å². The average Bonchev–Trinajstić information content (AvgIpc) is 3.05. The molecule has 118 valence electrons. The minimum absolute atomic E-state index is 0.735. The molecule has 0 atom stereocenters. The zero-order chi connectivity index (χ0) is 16.2. The van der Waals surface area contributed by atoms with Gasteiger partial charge in [0.2, 0.25) is 0 Å². The van der Waals surface area contributed by atoms with Gasteiger partial charge in [-0.3, -0.25) is 0 Å². The van der Waals surface area contributed by atoms with Crippen LogP contribution < -0.4 is 5.32 Å². The number of hydrogen-bond donors (Lipinski definition) is 1. The van der Waals surface area contributed by atoms with Gasteiger partial charge in [-0.15, -0.1) is 5.10 Å². The zero-order valence-corrected chi connectivity index (χ0v) is 13.3. The summed E-state index contributed by atoms with van der Waals surface area (Å²) in [5.41, 5.74) is 3.58. The highest BCUT2D eigenvalue weighted by Gasteiger charge is 2.08. The Morgan fingerprint density at radius 1 is 0.833 bits per heavy atom. The molecule has 4 rings (SSSR count). The highest BCUT2D eigenvalue weighted by molar-refractivity contribution is 5.89. The van der Waals surface area contributed by atoms with E-state index in [2.05, 4.69) is 68.7 Å². The molecule has 4 aromatic rings. The van der Waals surface area contributed by atoms with Crippen LogP contribution in [0.2, 0.25) is 0 Å². The van der Waals surface area contributed by atoms with Gasteiger partial charge in [0.25, 0.3) is 0 Å². The maximum absolute atomic E-state index is 4.27. The summed E-state index contributed by atoms with van der Waals surface area (Å²) in [6.07, 6.45) is 3.92. The summed E-state index contributed by atoms with van der Waals surface area (Å²) in [6.45, 7) is 1.56. The van der Waals surface area contributed by atoms with Gasteiger partial charge in [-0.1, -0.05) is 60.7 Å². The SMILES string of the molecule is c1ccc(CNc2nncc3c2ccn3Cc2ccccc2)cc1. The first-order valence-electron chi connectivity index (χ1n) is 8.02. The molecule has 4 heteroatoms. The Kier molecular flexibility index (Phi) is 3.94. The summed E-state index contributed by atoms with van der Waals surface area (Å²) >= 11 is 0. The highest BCUT2D eigenvalue weighted by atomic mass is 15.2. The van der Waals surface area contributed by atoms with Crippen LogP contribution in [0.4, 0.5) is 5.82 Å². The van der Waals surface area contributed by atoms with Crippen LogP contribution in [-0.2, 0) is 13.1 Å². The number of fused-ring (bicyclic) bond motifs is 1. The van der Waals surface area contributed by atoms with Gasteiger partial charge in [0.05, 0.1) is 11.7 Å². The van der Waals surface area contributed by atoms with Crippen LogP contribution in [0, 0.1) is 0 Å². The fourth-order valence-electron chi connectivity index (χ4n) is 2.85. The van der Waals surface area contributed by atoms with Gasteiger partial charge in [-0.25, -0.2) is 0 Å². The van der Waals surface area contributed by atoms with Crippen LogP contribution in [0.1, 0.15) is 11.1 Å². The van der Waals surface area contributed by atoms with E-state index in [9.17, 15) is 0 Å². The second kappa shape index (κ2) is 6.54. The van der Waals surface area contributed by atoms with Crippen molar-refractivity contribution in [3.05, 3.63) is 90.3 Å². The van der Waals surface area contributed by atoms with Crippen molar-refractivity contribution in [1.82, 2.24) is 14.8 Å². The van der Waals surface area contributed by atoms with Crippen LogP contribution in [-0.4, -0.2) is 14.8 Å². The fraction of sp³-hybridized carbons (Fsp3) is 0.100. The summed E-state index contributed by atoms with van der Waals surface area (Å²) in [4.78, 5) is 0. The molecule has 0 amide bonds. The van der Waals surface area contributed by atoms with Gasteiger partial charge >= 0.3 is 0 Å². The molecule has 2 heterocycles. The van der Waals surface area contributed by atoms with E-state index in [4.69, 9.17) is 0 Å². The van der Waals surface area contributed by atoms with Crippen molar-refractivity contribution >= 4 is 16.7 Å². The topological polar surface area (TPSA) is 42.7 Å². The van der Waals surface area contributed by atoms with Crippen LogP contribution in [0.3, 0.4) is 0 Å². The van der Waals surface area contributed by atoms with E-state index < -0.39 is 0 Å². The molecule has 0 fully saturated rings. The van der Waals surface area contributed by atoms with Crippen molar-refractivity contribution in [3.8, 4) is 0 Å². The first-order chi connectivity index (χ1) is 11.9. The fourth-order valence-corrected chi connectivity index (χ4v) is 2.85. The largest absolute Gasteiger partial charge is 0.364 e. The van der Waals surface area contributed by atoms with Crippen LogP contribution in [0.15, 0.2) is 79.1 Å². The summed E-state index contributed by atoms with van der Waals surface area (Å²) < 4.78 is 2.20. The van der Waals surface area contributed by atoms with Gasteiger partial charge in [0.1, 0.15) is 0 Å². The predicted octanol–water partition coefficient (Wildman–Crippen LogP) is 4.09. The molecular formula is C20H18N4. The van der Waals surface area contributed by atoms with Crippen LogP contribution >= 0.6 is 0 Å². The van der Waals surface area contributed by atoms with E-state index in [1.54, 1.807) is 0 Å². The van der Waals surface area contributed by atoms with E-state index in [1.165, 1.54) is 11.1 Å². The van der Waals surface area contributed by atoms with E-state index in [0.29, 0.717) is 0 Å². The number of benzene rings is 2. The molecule has 1 N–H and O–H groups in total. The van der Waals surface area contributed by atoms with Gasteiger partial charge in [0.15, 0.2) is 5.82 Å². The van der Waals surface area contributed by atoms with Gasteiger partial charge in [-0.05, 0) is 17.2 Å². The summed E-state index contributed by atoms with van der Waals surface area (Å²) in [5, 5.41) is 12.9. The number of nitrogens with zero attached hydrogens (tertiary/aromatic N) is 3. The third-order valence-electron chi connectivity index (χ3n) is 4.10. The second-order valence-corrected chi connectivity index (χ2v) is 5.76. The van der Waals surface area contributed by atoms with Crippen molar-refractivity contribution in [1.29, 1.82) is 0 Å². The lowest BCUT2D eigenvalue weighted by molar-refractivity contribution is 0.832. The smallest absolute Gasteiger partial charge is 0.158 e. The summed E-state index contributed by atoms with van der Waals surface area (Å²) in [6, 6.07) is 22.8. The van der Waals surface area contributed by atoms with Crippen LogP contribution in [0.5, 0.6) is 0 Å². The average molecular weight is 314 g/mol. The number of aromatic nitrogens is 3. The number of rotatable bonds is 5. The van der Waals surface area contributed by atoms with Crippen molar-refractivity contribution in [2.75, 3.05) is 5.32 Å². The number of nitrogens with one attached hydrogen (secondary N) is 1. The maximum atomic E-state index is 4.27. The summed E-state index contributed by atoms with van der Waals surface area (Å²) in [5.74, 6) is 0.822. The van der Waals surface area contributed by atoms with E-state index in [0.717, 1.165) is 29.8 Å². The van der Waals surface area contributed by atoms with Crippen molar-refractivity contribution in [3.63, 3.8) is 0 Å². The van der Waals surface area contributed by atoms with Crippen molar-refractivity contribution < 1.29 is 0 Å². The molecule has 2 aromatic heterocycles. The monoisotopic (exact) mass is 314 g/mol. The summed E-state index contributed by atoms with van der Waals surface area (Å²) in [7, 11) is 0. The lowest BCUT2D eigenvalue weighted by atomic mass is 10.2. The Hall–Kier alpha value is -3.14. The Morgan fingerprint density at radius 2 is 1.54 bits per heavy atom. The number of anilines is 1. The molecule has 24 heavy (non-hydrogen) atoms. The van der Waals surface area contributed by atoms with Gasteiger partial charge in [0, 0.05) is 24.7 Å². The number of hydrogen-bond acceptors (Lipinski definition) is 3. The third-order valence-corrected chi connectivity index (χ3v) is 4.10. The molecule has 0 bridgehead atoms. The predicted molar refractivity (Wildman–Crippen MR) is 96.8 cm³/mol. The molecule has 4 nitrogen and oxygen atoms in total. The van der Waals surface area contributed by atoms with Crippen LogP contribution in [0.25, 0.3) is 10.9 Å². The molecule has 0 spiro atoms. The first-order valence-corrected chi connectivity index (χ1v) is 8.02. The van der Waals surface area contributed by atoms with E-state index >= 15 is 0 Å². The first kappa shape index (κ1) is 14.5. The highest BCUT2D eigenvalue weighted by Crippen LogP contribution is 2.22. The quantitative estimate of drug-likeness (QED) is 0.603. The minimum Gasteiger partial charge on any atom is -0.364 e. The molecule has 0 aliphatic heterocycles. The minimum atomic E-state index is 0.735. The molecule has 0 unspecified atom stereocenters. The maximum Gasteiger partial charge on any atom is 0.158 e. The van der Waals surface area contributed by atoms with Crippen molar-refractivity contribution in [2.45, 2.75) is 13.1 Å². The molecule has 2 aromatic carbocycles. The molecular weight excluding hydrogens is 296 g/mol. The standard InChI is InChI=1S/C20H18N4/c1-3-7-16(8-4-1)13-21-20-18-11-12-24(19(18)14-22-23-20)15-17-9-5-2-6-10-17/h1-12,14H,13,15H2,(H,21,23). The Labute approximate surface area is 140 Å². The lowest BCUT2D eigenvalue weighted by Crippen LogP contribution is -2.03. The Morgan fingerprint density at radius 3 is 2.29 bits per heavy atom. The lowest BCUT2D eigenvalue weighted by Gasteiger charge is -2.08. The zero-order valence-electron chi connectivity index (χ0n) is 13.3. The Bertz CT molecular complexity index is 930. The molecule has 0 aliphatic carbocycles. The molecule has 0 saturated carbocycles. The molecule has 0 aliphatic rings. The van der Waals surface area contributed by atoms with Gasteiger partial charge in [-0.2, -0.15) is 5.10 Å². The Balaban J connectivity index is 1.59. The van der Waals surface area contributed by atoms with E-state index in [-0.39, 0.29) is 0 Å². The second-order valence-electron chi connectivity index (χ2n) is 5.76.